The molecule has 3 rings (SSSR count). The Labute approximate surface area is 95.8 Å². The molecule has 2 aliphatic rings. The molecule has 0 atom stereocenters. The number of nitrogens with zero attached hydrogens (tertiary/aromatic N) is 1. The van der Waals surface area contributed by atoms with E-state index >= 15 is 0 Å². The van der Waals surface area contributed by atoms with E-state index in [-0.39, 0.29) is 5.41 Å². The molecule has 1 aromatic carbocycles. The van der Waals surface area contributed by atoms with Crippen LogP contribution < -0.4 is 0 Å². The quantitative estimate of drug-likeness (QED) is 0.717. The molecule has 1 fully saturated rings. The number of ether oxygens (including phenoxy) is 1. The van der Waals surface area contributed by atoms with Gasteiger partial charge in [0.25, 0.3) is 0 Å². The number of fused-ring (bicyclic) bond motifs is 1. The van der Waals surface area contributed by atoms with E-state index in [1.54, 1.807) is 0 Å². The van der Waals surface area contributed by atoms with Gasteiger partial charge < -0.3 is 4.74 Å². The number of hydrogen-bond acceptors (Lipinski definition) is 2. The molecule has 82 valence electrons. The minimum Gasteiger partial charge on any atom is -0.377 e. The second-order valence-corrected chi connectivity index (χ2v) is 4.88. The van der Waals surface area contributed by atoms with Crippen LogP contribution in [0.5, 0.6) is 0 Å². The van der Waals surface area contributed by atoms with Gasteiger partial charge >= 0.3 is 0 Å². The fourth-order valence-corrected chi connectivity index (χ4v) is 2.63. The van der Waals surface area contributed by atoms with Crippen molar-refractivity contribution < 1.29 is 4.74 Å². The highest BCUT2D eigenvalue weighted by Crippen LogP contribution is 2.34. The van der Waals surface area contributed by atoms with Crippen molar-refractivity contribution in [3.8, 4) is 6.07 Å². The van der Waals surface area contributed by atoms with Crippen LogP contribution in [0.15, 0.2) is 18.2 Å². The molecule has 0 bridgehead atoms. The van der Waals surface area contributed by atoms with Crippen molar-refractivity contribution >= 4 is 0 Å². The van der Waals surface area contributed by atoms with Crippen LogP contribution in [0.3, 0.4) is 0 Å². The first-order valence-corrected chi connectivity index (χ1v) is 5.95. The Bertz CT molecular complexity index is 454. The lowest BCUT2D eigenvalue weighted by Crippen LogP contribution is -2.45. The van der Waals surface area contributed by atoms with Crippen molar-refractivity contribution in [2.45, 2.75) is 31.1 Å². The van der Waals surface area contributed by atoms with E-state index in [1.807, 2.05) is 0 Å². The fourth-order valence-electron chi connectivity index (χ4n) is 2.63. The summed E-state index contributed by atoms with van der Waals surface area (Å²) in [4.78, 5) is 0. The minimum atomic E-state index is -0.355. The highest BCUT2D eigenvalue weighted by molar-refractivity contribution is 5.42. The molecule has 0 saturated carbocycles. The number of hydrogen-bond donors (Lipinski definition) is 0. The zero-order valence-electron chi connectivity index (χ0n) is 9.33. The molecule has 1 aliphatic heterocycles. The summed E-state index contributed by atoms with van der Waals surface area (Å²) < 4.78 is 5.21. The molecule has 0 amide bonds. The number of nitriles is 1. The second-order valence-electron chi connectivity index (χ2n) is 4.88. The van der Waals surface area contributed by atoms with Gasteiger partial charge in [-0.3, -0.25) is 0 Å². The maximum absolute atomic E-state index is 9.26. The average Bonchev–Trinajstić information content (AvgIpc) is 2.28. The van der Waals surface area contributed by atoms with Crippen molar-refractivity contribution in [2.24, 2.45) is 0 Å². The van der Waals surface area contributed by atoms with E-state index in [0.29, 0.717) is 13.2 Å². The first kappa shape index (κ1) is 9.86. The highest BCUT2D eigenvalue weighted by atomic mass is 16.5. The van der Waals surface area contributed by atoms with Crippen molar-refractivity contribution in [1.82, 2.24) is 0 Å². The fraction of sp³-hybridized carbons (Fsp3) is 0.500. The van der Waals surface area contributed by atoms with E-state index < -0.39 is 0 Å². The predicted molar refractivity (Wildman–Crippen MR) is 61.2 cm³/mol. The van der Waals surface area contributed by atoms with E-state index in [1.165, 1.54) is 36.8 Å². The second kappa shape index (κ2) is 3.61. The van der Waals surface area contributed by atoms with Crippen molar-refractivity contribution in [1.29, 1.82) is 5.26 Å². The van der Waals surface area contributed by atoms with E-state index in [9.17, 15) is 5.26 Å². The Morgan fingerprint density at radius 2 is 1.88 bits per heavy atom. The van der Waals surface area contributed by atoms with Crippen molar-refractivity contribution in [3.63, 3.8) is 0 Å². The molecule has 1 heterocycles. The summed E-state index contributed by atoms with van der Waals surface area (Å²) in [7, 11) is 0. The Balaban J connectivity index is 2.00. The Kier molecular flexibility index (Phi) is 2.22. The zero-order chi connectivity index (χ0) is 11.0. The van der Waals surface area contributed by atoms with E-state index in [2.05, 4.69) is 24.3 Å². The summed E-state index contributed by atoms with van der Waals surface area (Å²) in [5, 5.41) is 9.26. The Morgan fingerprint density at radius 1 is 1.12 bits per heavy atom. The van der Waals surface area contributed by atoms with Crippen molar-refractivity contribution in [3.05, 3.63) is 34.9 Å². The normalized spacial score (nSPS) is 21.7. The highest BCUT2D eigenvalue weighted by Gasteiger charge is 2.41. The summed E-state index contributed by atoms with van der Waals surface area (Å²) in [5.74, 6) is 0. The minimum absolute atomic E-state index is 0.355. The van der Waals surface area contributed by atoms with Crippen LogP contribution in [0.4, 0.5) is 0 Å². The molecule has 0 aromatic heterocycles. The van der Waals surface area contributed by atoms with Crippen LogP contribution in [0.2, 0.25) is 0 Å². The monoisotopic (exact) mass is 213 g/mol. The van der Waals surface area contributed by atoms with E-state index in [4.69, 9.17) is 4.74 Å². The summed E-state index contributed by atoms with van der Waals surface area (Å²) in [6.45, 7) is 1.12. The molecule has 1 aromatic rings. The lowest BCUT2D eigenvalue weighted by Gasteiger charge is -2.36. The SMILES string of the molecule is N#CC1(c2ccc3c(c2)CCCC3)COC1. The van der Waals surface area contributed by atoms with Crippen LogP contribution in [0, 0.1) is 11.3 Å². The first-order chi connectivity index (χ1) is 7.84. The summed E-state index contributed by atoms with van der Waals surface area (Å²) in [5.41, 5.74) is 3.72. The van der Waals surface area contributed by atoms with E-state index in [0.717, 1.165) is 5.56 Å². The van der Waals surface area contributed by atoms with Gasteiger partial charge in [0.05, 0.1) is 19.3 Å². The first-order valence-electron chi connectivity index (χ1n) is 5.95. The molecule has 0 N–H and O–H groups in total. The van der Waals surface area contributed by atoms with Crippen LogP contribution in [-0.2, 0) is 23.0 Å². The van der Waals surface area contributed by atoms with Gasteiger partial charge in [0, 0.05) is 0 Å². The Hall–Kier alpha value is -1.33. The maximum atomic E-state index is 9.26. The third-order valence-corrected chi connectivity index (χ3v) is 3.81. The maximum Gasteiger partial charge on any atom is 0.129 e. The summed E-state index contributed by atoms with van der Waals surface area (Å²) in [6, 6.07) is 8.98. The van der Waals surface area contributed by atoms with Crippen LogP contribution >= 0.6 is 0 Å². The third-order valence-electron chi connectivity index (χ3n) is 3.81. The molecule has 16 heavy (non-hydrogen) atoms. The summed E-state index contributed by atoms with van der Waals surface area (Å²) >= 11 is 0. The topological polar surface area (TPSA) is 33.0 Å². The smallest absolute Gasteiger partial charge is 0.129 e. The van der Waals surface area contributed by atoms with Gasteiger partial charge in [0.2, 0.25) is 0 Å². The number of benzene rings is 1. The standard InChI is InChI=1S/C14H15NO/c15-8-14(9-16-10-14)13-6-5-11-3-1-2-4-12(11)7-13/h5-7H,1-4,9-10H2. The number of rotatable bonds is 1. The molecule has 0 spiro atoms. The molecule has 2 heteroatoms. The van der Waals surface area contributed by atoms with Gasteiger partial charge in [-0.1, -0.05) is 18.2 Å². The lowest BCUT2D eigenvalue weighted by molar-refractivity contribution is -0.0298. The average molecular weight is 213 g/mol. The van der Waals surface area contributed by atoms with Crippen molar-refractivity contribution in [2.75, 3.05) is 13.2 Å². The zero-order valence-corrected chi connectivity index (χ0v) is 9.33. The molecule has 0 unspecified atom stereocenters. The van der Waals surface area contributed by atoms with Gasteiger partial charge in [0.1, 0.15) is 5.41 Å². The molecule has 2 nitrogen and oxygen atoms in total. The predicted octanol–water partition coefficient (Wildman–Crippen LogP) is 2.36. The van der Waals surface area contributed by atoms with Gasteiger partial charge in [-0.05, 0) is 42.4 Å². The summed E-state index contributed by atoms with van der Waals surface area (Å²) in [6.07, 6.45) is 4.96. The number of aryl methyl sites for hydroxylation is 2. The van der Waals surface area contributed by atoms with Gasteiger partial charge in [-0.2, -0.15) is 5.26 Å². The lowest BCUT2D eigenvalue weighted by atomic mass is 9.77. The van der Waals surface area contributed by atoms with Gasteiger partial charge in [0.15, 0.2) is 0 Å². The molecular formula is C14H15NO. The Morgan fingerprint density at radius 3 is 2.50 bits per heavy atom. The molecule has 1 aliphatic carbocycles. The molecular weight excluding hydrogens is 198 g/mol. The molecule has 0 radical (unpaired) electrons. The van der Waals surface area contributed by atoms with Gasteiger partial charge in [-0.25, -0.2) is 0 Å². The molecule has 1 saturated heterocycles. The van der Waals surface area contributed by atoms with Crippen LogP contribution in [-0.4, -0.2) is 13.2 Å². The van der Waals surface area contributed by atoms with Gasteiger partial charge in [-0.15, -0.1) is 0 Å². The largest absolute Gasteiger partial charge is 0.377 e. The third kappa shape index (κ3) is 1.36. The van der Waals surface area contributed by atoms with Crippen LogP contribution in [0.25, 0.3) is 0 Å². The van der Waals surface area contributed by atoms with Crippen LogP contribution in [0.1, 0.15) is 29.5 Å².